The molecule has 0 aromatic heterocycles. The van der Waals surface area contributed by atoms with E-state index in [1.165, 1.54) is 6.08 Å². The summed E-state index contributed by atoms with van der Waals surface area (Å²) in [6.07, 6.45) is 5.49. The number of carboxylic acids is 1. The van der Waals surface area contributed by atoms with Gasteiger partial charge >= 0.3 is 11.9 Å². The summed E-state index contributed by atoms with van der Waals surface area (Å²) in [6.45, 7) is 10.7. The average Bonchev–Trinajstić information content (AvgIpc) is 3.07. The molecule has 0 heterocycles. The van der Waals surface area contributed by atoms with Crippen molar-refractivity contribution in [2.75, 3.05) is 26.4 Å². The molecule has 2 aromatic carbocycles. The minimum atomic E-state index is -1.04. The zero-order valence-electron chi connectivity index (χ0n) is 26.1. The number of aliphatic carboxylic acids is 1. The molecule has 4 atom stereocenters. The van der Waals surface area contributed by atoms with Crippen molar-refractivity contribution in [1.29, 1.82) is 5.41 Å². The largest absolute Gasteiger partial charge is 0.491 e. The predicted molar refractivity (Wildman–Crippen MR) is 172 cm³/mol. The van der Waals surface area contributed by atoms with Gasteiger partial charge in [0.2, 0.25) is 11.8 Å². The minimum Gasteiger partial charge on any atom is -0.491 e. The Labute approximate surface area is 269 Å². The maximum absolute atomic E-state index is 13.0. The number of esters is 1. The number of amides is 1. The van der Waals surface area contributed by atoms with Crippen molar-refractivity contribution >= 4 is 23.7 Å². The van der Waals surface area contributed by atoms with E-state index in [1.54, 1.807) is 12.2 Å². The fourth-order valence-corrected chi connectivity index (χ4v) is 4.84. The molecule has 46 heavy (non-hydrogen) atoms. The second-order valence-electron chi connectivity index (χ2n) is 11.4. The number of aliphatic hydroxyl groups excluding tert-OH is 1. The molecule has 0 radical (unpaired) electrons. The molecular formula is C35H42N2O9. The molecule has 11 nitrogen and oxygen atoms in total. The molecule has 2 aromatic rings. The van der Waals surface area contributed by atoms with E-state index in [9.17, 15) is 24.6 Å². The van der Waals surface area contributed by atoms with Gasteiger partial charge in [-0.15, -0.1) is 0 Å². The molecule has 1 amide bonds. The van der Waals surface area contributed by atoms with Crippen LogP contribution in [0.15, 0.2) is 86.0 Å². The lowest BCUT2D eigenvalue weighted by Gasteiger charge is -2.27. The standard InChI is InChI=1S/C35H42N2O9/c1-5-31(36)45-22-26(38)21-44-28-17-13-24(14-18-28)35(3,4)23-11-15-27(16-12-23)43-19-25(20-46-32(39)6-2)37-33(40)29-9-7-8-10-30(29)34(41)42/h5-8,11-18,25-26,29-30,36,38H,1-2,9-10,19-22H2,3-4H3,(H,37,40)(H,41,42). The summed E-state index contributed by atoms with van der Waals surface area (Å²) in [5, 5.41) is 29.7. The molecule has 0 aliphatic heterocycles. The predicted octanol–water partition coefficient (Wildman–Crippen LogP) is 4.19. The van der Waals surface area contributed by atoms with Crippen molar-refractivity contribution in [2.24, 2.45) is 11.8 Å². The van der Waals surface area contributed by atoms with Gasteiger partial charge in [-0.1, -0.05) is 63.4 Å². The Balaban J connectivity index is 1.60. The van der Waals surface area contributed by atoms with E-state index in [4.69, 9.17) is 24.4 Å². The zero-order valence-corrected chi connectivity index (χ0v) is 26.1. The van der Waals surface area contributed by atoms with Crippen molar-refractivity contribution in [1.82, 2.24) is 5.32 Å². The van der Waals surface area contributed by atoms with Crippen LogP contribution < -0.4 is 14.8 Å². The zero-order chi connectivity index (χ0) is 33.7. The molecule has 1 aliphatic carbocycles. The highest BCUT2D eigenvalue weighted by atomic mass is 16.5. The van der Waals surface area contributed by atoms with E-state index in [-0.39, 0.29) is 44.2 Å². The molecule has 11 heteroatoms. The van der Waals surface area contributed by atoms with Crippen LogP contribution in [0, 0.1) is 17.2 Å². The summed E-state index contributed by atoms with van der Waals surface area (Å²) in [4.78, 5) is 36.4. The first-order valence-corrected chi connectivity index (χ1v) is 14.9. The van der Waals surface area contributed by atoms with Crippen LogP contribution in [-0.2, 0) is 29.3 Å². The number of hydrogen-bond acceptors (Lipinski definition) is 9. The lowest BCUT2D eigenvalue weighted by Crippen LogP contribution is -2.47. The number of hydrogen-bond donors (Lipinski definition) is 4. The summed E-state index contributed by atoms with van der Waals surface area (Å²) >= 11 is 0. The fourth-order valence-electron chi connectivity index (χ4n) is 4.84. The Bertz CT molecular complexity index is 1400. The van der Waals surface area contributed by atoms with E-state index >= 15 is 0 Å². The molecule has 0 bridgehead atoms. The van der Waals surface area contributed by atoms with Crippen LogP contribution in [0.1, 0.15) is 37.8 Å². The number of aliphatic hydroxyl groups is 1. The molecule has 0 saturated heterocycles. The SMILES string of the molecule is C=CC(=N)OCC(O)COc1ccc(C(C)(C)c2ccc(OCC(COC(=O)C=C)NC(=O)C3CC=CCC3C(=O)O)cc2)cc1. The quantitative estimate of drug-likeness (QED) is 0.0657. The fraction of sp³-hybridized carbons (Fsp3) is 0.371. The van der Waals surface area contributed by atoms with Gasteiger partial charge in [-0.05, 0) is 54.3 Å². The lowest BCUT2D eigenvalue weighted by molar-refractivity contribution is -0.147. The summed E-state index contributed by atoms with van der Waals surface area (Å²) < 4.78 is 21.8. The Morgan fingerprint density at radius 1 is 0.870 bits per heavy atom. The van der Waals surface area contributed by atoms with E-state index in [2.05, 4.69) is 32.3 Å². The molecule has 0 spiro atoms. The monoisotopic (exact) mass is 634 g/mol. The van der Waals surface area contributed by atoms with Crippen molar-refractivity contribution < 1.29 is 43.5 Å². The van der Waals surface area contributed by atoms with Gasteiger partial charge < -0.3 is 34.5 Å². The number of allylic oxidation sites excluding steroid dienone is 2. The van der Waals surface area contributed by atoms with E-state index in [0.29, 0.717) is 17.9 Å². The second kappa shape index (κ2) is 17.0. The average molecular weight is 635 g/mol. The number of nitrogens with one attached hydrogen (secondary N) is 2. The van der Waals surface area contributed by atoms with E-state index < -0.39 is 41.8 Å². The van der Waals surface area contributed by atoms with Gasteiger partial charge in [-0.3, -0.25) is 15.0 Å². The van der Waals surface area contributed by atoms with E-state index in [0.717, 1.165) is 17.2 Å². The Kier molecular flexibility index (Phi) is 13.1. The highest BCUT2D eigenvalue weighted by molar-refractivity contribution is 5.86. The Morgan fingerprint density at radius 2 is 1.41 bits per heavy atom. The molecular weight excluding hydrogens is 592 g/mol. The van der Waals surface area contributed by atoms with Crippen LogP contribution in [0.5, 0.6) is 11.5 Å². The third-order valence-corrected chi connectivity index (χ3v) is 7.69. The molecule has 3 rings (SSSR count). The minimum absolute atomic E-state index is 0.0105. The normalized spacial score (nSPS) is 17.1. The van der Waals surface area contributed by atoms with Crippen LogP contribution >= 0.6 is 0 Å². The molecule has 246 valence electrons. The molecule has 1 aliphatic rings. The summed E-state index contributed by atoms with van der Waals surface area (Å²) in [5.41, 5.74) is 1.67. The number of ether oxygens (including phenoxy) is 4. The van der Waals surface area contributed by atoms with Crippen molar-refractivity contribution in [3.63, 3.8) is 0 Å². The summed E-state index contributed by atoms with van der Waals surface area (Å²) in [6, 6.07) is 14.3. The maximum atomic E-state index is 13.0. The first kappa shape index (κ1) is 35.6. The van der Waals surface area contributed by atoms with Gasteiger partial charge in [-0.2, -0.15) is 0 Å². The summed E-state index contributed by atoms with van der Waals surface area (Å²) in [7, 11) is 0. The summed E-state index contributed by atoms with van der Waals surface area (Å²) in [5.74, 6) is -2.70. The van der Waals surface area contributed by atoms with Crippen molar-refractivity contribution in [3.05, 3.63) is 97.1 Å². The van der Waals surface area contributed by atoms with Gasteiger partial charge in [0.05, 0.1) is 17.9 Å². The Morgan fingerprint density at radius 3 is 1.93 bits per heavy atom. The highest BCUT2D eigenvalue weighted by Gasteiger charge is 2.35. The van der Waals surface area contributed by atoms with Gasteiger partial charge in [0.1, 0.15) is 44.0 Å². The number of carbonyl (C=O) groups is 3. The smallest absolute Gasteiger partial charge is 0.330 e. The van der Waals surface area contributed by atoms with Crippen LogP contribution in [-0.4, -0.2) is 72.5 Å². The van der Waals surface area contributed by atoms with Crippen LogP contribution in [0.3, 0.4) is 0 Å². The molecule has 0 saturated carbocycles. The van der Waals surface area contributed by atoms with E-state index in [1.807, 2.05) is 48.5 Å². The first-order chi connectivity index (χ1) is 21.9. The van der Waals surface area contributed by atoms with Gasteiger partial charge in [0, 0.05) is 11.5 Å². The first-order valence-electron chi connectivity index (χ1n) is 14.9. The van der Waals surface area contributed by atoms with Crippen molar-refractivity contribution in [2.45, 2.75) is 44.2 Å². The third-order valence-electron chi connectivity index (χ3n) is 7.69. The van der Waals surface area contributed by atoms with Crippen LogP contribution in [0.4, 0.5) is 0 Å². The third kappa shape index (κ3) is 10.3. The maximum Gasteiger partial charge on any atom is 0.330 e. The van der Waals surface area contributed by atoms with Gasteiger partial charge in [0.15, 0.2) is 0 Å². The number of benzene rings is 2. The number of carboxylic acid groups (broad SMARTS) is 1. The highest BCUT2D eigenvalue weighted by Crippen LogP contribution is 2.33. The van der Waals surface area contributed by atoms with Crippen molar-refractivity contribution in [3.8, 4) is 11.5 Å². The van der Waals surface area contributed by atoms with Crippen LogP contribution in [0.2, 0.25) is 0 Å². The molecule has 0 fully saturated rings. The molecule has 4 unspecified atom stereocenters. The van der Waals surface area contributed by atoms with Crippen LogP contribution in [0.25, 0.3) is 0 Å². The number of rotatable bonds is 17. The number of carbonyl (C=O) groups excluding carboxylic acids is 2. The topological polar surface area (TPSA) is 164 Å². The lowest BCUT2D eigenvalue weighted by atomic mass is 9.78. The van der Waals surface area contributed by atoms with Gasteiger partial charge in [0.25, 0.3) is 0 Å². The second-order valence-corrected chi connectivity index (χ2v) is 11.4. The Hall–Kier alpha value is -4.90. The molecule has 4 N–H and O–H groups in total. The van der Waals surface area contributed by atoms with Gasteiger partial charge in [-0.25, -0.2) is 4.79 Å².